The number of hydrogen-bond acceptors (Lipinski definition) is 2. The van der Waals surface area contributed by atoms with Crippen molar-refractivity contribution in [2.45, 2.75) is 33.8 Å². The standard InChI is InChI=1S/C13H19NO2/c1-9(2)13(15)14-11-7-5-6-8-12(11)16-10(3)4/h5-10H,1-4H3,(H,14,15). The van der Waals surface area contributed by atoms with E-state index in [1.54, 1.807) is 0 Å². The molecule has 1 aromatic carbocycles. The van der Waals surface area contributed by atoms with E-state index in [2.05, 4.69) is 5.32 Å². The van der Waals surface area contributed by atoms with Crippen LogP contribution in [0.15, 0.2) is 24.3 Å². The molecule has 1 rings (SSSR count). The van der Waals surface area contributed by atoms with Gasteiger partial charge in [-0.2, -0.15) is 0 Å². The molecule has 0 unspecified atom stereocenters. The van der Waals surface area contributed by atoms with Crippen LogP contribution in [0.3, 0.4) is 0 Å². The largest absolute Gasteiger partial charge is 0.489 e. The van der Waals surface area contributed by atoms with Crippen molar-refractivity contribution in [3.05, 3.63) is 24.3 Å². The van der Waals surface area contributed by atoms with Crippen LogP contribution >= 0.6 is 0 Å². The van der Waals surface area contributed by atoms with E-state index in [4.69, 9.17) is 4.74 Å². The van der Waals surface area contributed by atoms with E-state index >= 15 is 0 Å². The van der Waals surface area contributed by atoms with E-state index in [0.717, 1.165) is 5.69 Å². The third-order valence-electron chi connectivity index (χ3n) is 2.03. The normalized spacial score (nSPS) is 10.6. The molecule has 16 heavy (non-hydrogen) atoms. The van der Waals surface area contributed by atoms with Crippen molar-refractivity contribution in [2.24, 2.45) is 5.92 Å². The molecule has 0 fully saturated rings. The highest BCUT2D eigenvalue weighted by Crippen LogP contribution is 2.25. The van der Waals surface area contributed by atoms with Gasteiger partial charge in [0.05, 0.1) is 11.8 Å². The first-order valence-corrected chi connectivity index (χ1v) is 5.57. The predicted octanol–water partition coefficient (Wildman–Crippen LogP) is 3.07. The monoisotopic (exact) mass is 221 g/mol. The number of rotatable bonds is 4. The summed E-state index contributed by atoms with van der Waals surface area (Å²) in [6, 6.07) is 7.47. The van der Waals surface area contributed by atoms with Crippen LogP contribution < -0.4 is 10.1 Å². The number of carbonyl (C=O) groups excluding carboxylic acids is 1. The van der Waals surface area contributed by atoms with Crippen molar-refractivity contribution in [1.29, 1.82) is 0 Å². The Morgan fingerprint density at radius 1 is 1.19 bits per heavy atom. The molecule has 0 atom stereocenters. The third kappa shape index (κ3) is 3.57. The Kier molecular flexibility index (Phi) is 4.35. The molecule has 0 saturated heterocycles. The van der Waals surface area contributed by atoms with Crippen molar-refractivity contribution in [3.63, 3.8) is 0 Å². The van der Waals surface area contributed by atoms with Gasteiger partial charge in [0.15, 0.2) is 0 Å². The second kappa shape index (κ2) is 5.54. The van der Waals surface area contributed by atoms with Crippen molar-refractivity contribution in [2.75, 3.05) is 5.32 Å². The Balaban J connectivity index is 2.82. The molecule has 3 heteroatoms. The molecular weight excluding hydrogens is 202 g/mol. The quantitative estimate of drug-likeness (QED) is 0.848. The van der Waals surface area contributed by atoms with Gasteiger partial charge in [0.2, 0.25) is 5.91 Å². The molecule has 0 bridgehead atoms. The van der Waals surface area contributed by atoms with E-state index < -0.39 is 0 Å². The molecule has 0 spiro atoms. The zero-order chi connectivity index (χ0) is 12.1. The summed E-state index contributed by atoms with van der Waals surface area (Å²) in [5.74, 6) is 0.679. The molecule has 0 aliphatic rings. The summed E-state index contributed by atoms with van der Waals surface area (Å²) in [6.07, 6.45) is 0.0945. The summed E-state index contributed by atoms with van der Waals surface area (Å²) in [4.78, 5) is 11.6. The molecule has 0 heterocycles. The summed E-state index contributed by atoms with van der Waals surface area (Å²) < 4.78 is 5.61. The predicted molar refractivity (Wildman–Crippen MR) is 65.7 cm³/mol. The summed E-state index contributed by atoms with van der Waals surface area (Å²) in [5, 5.41) is 2.85. The SMILES string of the molecule is CC(C)Oc1ccccc1NC(=O)C(C)C. The molecule has 1 amide bonds. The lowest BCUT2D eigenvalue weighted by Crippen LogP contribution is -2.19. The van der Waals surface area contributed by atoms with Crippen LogP contribution in [0, 0.1) is 5.92 Å². The van der Waals surface area contributed by atoms with Crippen LogP contribution in [0.1, 0.15) is 27.7 Å². The number of benzene rings is 1. The second-order valence-corrected chi connectivity index (χ2v) is 4.31. The summed E-state index contributed by atoms with van der Waals surface area (Å²) in [6.45, 7) is 7.64. The van der Waals surface area contributed by atoms with Crippen LogP contribution in [0.2, 0.25) is 0 Å². The van der Waals surface area contributed by atoms with Crippen molar-refractivity contribution < 1.29 is 9.53 Å². The van der Waals surface area contributed by atoms with Gasteiger partial charge < -0.3 is 10.1 Å². The van der Waals surface area contributed by atoms with E-state index in [1.165, 1.54) is 0 Å². The lowest BCUT2D eigenvalue weighted by Gasteiger charge is -2.15. The number of hydrogen-bond donors (Lipinski definition) is 1. The van der Waals surface area contributed by atoms with Gasteiger partial charge in [-0.15, -0.1) is 0 Å². The number of carbonyl (C=O) groups is 1. The van der Waals surface area contributed by atoms with E-state index in [0.29, 0.717) is 5.75 Å². The highest BCUT2D eigenvalue weighted by molar-refractivity contribution is 5.93. The molecule has 1 N–H and O–H groups in total. The number of para-hydroxylation sites is 2. The van der Waals surface area contributed by atoms with Crippen LogP contribution in [-0.2, 0) is 4.79 Å². The number of amides is 1. The fourth-order valence-corrected chi connectivity index (χ4v) is 1.20. The molecule has 0 saturated carbocycles. The van der Waals surface area contributed by atoms with Crippen LogP contribution in [0.5, 0.6) is 5.75 Å². The van der Waals surface area contributed by atoms with Crippen molar-refractivity contribution in [3.8, 4) is 5.75 Å². The number of anilines is 1. The lowest BCUT2D eigenvalue weighted by atomic mass is 10.2. The third-order valence-corrected chi connectivity index (χ3v) is 2.03. The number of nitrogens with one attached hydrogen (secondary N) is 1. The molecule has 0 radical (unpaired) electrons. The van der Waals surface area contributed by atoms with Gasteiger partial charge in [-0.05, 0) is 26.0 Å². The smallest absolute Gasteiger partial charge is 0.227 e. The zero-order valence-corrected chi connectivity index (χ0v) is 10.3. The zero-order valence-electron chi connectivity index (χ0n) is 10.3. The first kappa shape index (κ1) is 12.6. The Morgan fingerprint density at radius 3 is 2.38 bits per heavy atom. The van der Waals surface area contributed by atoms with E-state index in [1.807, 2.05) is 52.0 Å². The Labute approximate surface area is 96.8 Å². The lowest BCUT2D eigenvalue weighted by molar-refractivity contribution is -0.118. The molecule has 1 aromatic rings. The van der Waals surface area contributed by atoms with Gasteiger partial charge in [0.25, 0.3) is 0 Å². The fourth-order valence-electron chi connectivity index (χ4n) is 1.20. The summed E-state index contributed by atoms with van der Waals surface area (Å²) in [7, 11) is 0. The average Bonchev–Trinajstić information content (AvgIpc) is 2.20. The first-order chi connectivity index (χ1) is 7.50. The van der Waals surface area contributed by atoms with Crippen molar-refractivity contribution in [1.82, 2.24) is 0 Å². The fraction of sp³-hybridized carbons (Fsp3) is 0.462. The van der Waals surface area contributed by atoms with Gasteiger partial charge in [0.1, 0.15) is 5.75 Å². The molecule has 0 aliphatic carbocycles. The van der Waals surface area contributed by atoms with Crippen LogP contribution in [-0.4, -0.2) is 12.0 Å². The first-order valence-electron chi connectivity index (χ1n) is 5.57. The summed E-state index contributed by atoms with van der Waals surface area (Å²) >= 11 is 0. The maximum Gasteiger partial charge on any atom is 0.227 e. The maximum absolute atomic E-state index is 11.6. The average molecular weight is 221 g/mol. The Bertz CT molecular complexity index is 359. The van der Waals surface area contributed by atoms with Gasteiger partial charge in [-0.25, -0.2) is 0 Å². The van der Waals surface area contributed by atoms with Crippen LogP contribution in [0.25, 0.3) is 0 Å². The second-order valence-electron chi connectivity index (χ2n) is 4.31. The molecule has 0 aromatic heterocycles. The van der Waals surface area contributed by atoms with Gasteiger partial charge in [-0.3, -0.25) is 4.79 Å². The minimum Gasteiger partial charge on any atom is -0.489 e. The molecule has 88 valence electrons. The van der Waals surface area contributed by atoms with Gasteiger partial charge in [-0.1, -0.05) is 26.0 Å². The molecule has 3 nitrogen and oxygen atoms in total. The van der Waals surface area contributed by atoms with E-state index in [9.17, 15) is 4.79 Å². The highest BCUT2D eigenvalue weighted by atomic mass is 16.5. The highest BCUT2D eigenvalue weighted by Gasteiger charge is 2.10. The van der Waals surface area contributed by atoms with Gasteiger partial charge in [0, 0.05) is 5.92 Å². The van der Waals surface area contributed by atoms with Crippen LogP contribution in [0.4, 0.5) is 5.69 Å². The maximum atomic E-state index is 11.6. The minimum atomic E-state index is -0.0351. The van der Waals surface area contributed by atoms with Gasteiger partial charge >= 0.3 is 0 Å². The topological polar surface area (TPSA) is 38.3 Å². The Hall–Kier alpha value is -1.51. The molecule has 0 aliphatic heterocycles. The minimum absolute atomic E-state index is 0.000180. The van der Waals surface area contributed by atoms with E-state index in [-0.39, 0.29) is 17.9 Å². The molecular formula is C13H19NO2. The van der Waals surface area contributed by atoms with Crippen molar-refractivity contribution >= 4 is 11.6 Å². The number of ether oxygens (including phenoxy) is 1. The summed E-state index contributed by atoms with van der Waals surface area (Å²) in [5.41, 5.74) is 0.731. The Morgan fingerprint density at radius 2 is 1.81 bits per heavy atom.